The van der Waals surface area contributed by atoms with Crippen molar-refractivity contribution in [3.63, 3.8) is 0 Å². The lowest BCUT2D eigenvalue weighted by Crippen LogP contribution is -2.58. The van der Waals surface area contributed by atoms with Crippen molar-refractivity contribution in [2.24, 2.45) is 17.8 Å². The number of halogens is 2. The highest BCUT2D eigenvalue weighted by atomic mass is 19.3. The molecule has 0 spiro atoms. The maximum Gasteiger partial charge on any atom is 0.374 e. The summed E-state index contributed by atoms with van der Waals surface area (Å²) in [4.78, 5) is 22.2. The van der Waals surface area contributed by atoms with Gasteiger partial charge in [-0.3, -0.25) is 0 Å². The monoisotopic (exact) mass is 304 g/mol. The average molecular weight is 304 g/mol. The van der Waals surface area contributed by atoms with Gasteiger partial charge < -0.3 is 14.6 Å². The molecule has 4 fully saturated rings. The number of carbonyl (C=O) groups excluding carboxylic acids is 2. The highest BCUT2D eigenvalue weighted by molar-refractivity contribution is 5.78. The molecule has 4 aliphatic rings. The van der Waals surface area contributed by atoms with Crippen LogP contribution in [0.25, 0.3) is 0 Å². The van der Waals surface area contributed by atoms with Crippen molar-refractivity contribution < 1.29 is 33.0 Å². The Balaban J connectivity index is 1.54. The van der Waals surface area contributed by atoms with Crippen LogP contribution in [-0.4, -0.2) is 41.8 Å². The van der Waals surface area contributed by atoms with Gasteiger partial charge in [0, 0.05) is 0 Å². The first kappa shape index (κ1) is 14.7. The molecule has 21 heavy (non-hydrogen) atoms. The van der Waals surface area contributed by atoms with Crippen LogP contribution < -0.4 is 0 Å². The molecule has 0 saturated heterocycles. The molecule has 0 radical (unpaired) electrons. The average Bonchev–Trinajstić information content (AvgIpc) is 2.38. The van der Waals surface area contributed by atoms with E-state index >= 15 is 0 Å². The van der Waals surface area contributed by atoms with Crippen LogP contribution >= 0.6 is 0 Å². The predicted molar refractivity (Wildman–Crippen MR) is 65.3 cm³/mol. The Bertz CT molecular complexity index is 437. The third kappa shape index (κ3) is 2.88. The van der Waals surface area contributed by atoms with E-state index in [1.165, 1.54) is 0 Å². The fourth-order valence-electron chi connectivity index (χ4n) is 4.51. The summed E-state index contributed by atoms with van der Waals surface area (Å²) in [7, 11) is 0. The minimum atomic E-state index is -3.24. The van der Waals surface area contributed by atoms with Crippen molar-refractivity contribution in [3.05, 3.63) is 0 Å². The molecule has 2 unspecified atom stereocenters. The molecule has 4 rings (SSSR count). The van der Waals surface area contributed by atoms with Crippen LogP contribution in [0.5, 0.6) is 0 Å². The quantitative estimate of drug-likeness (QED) is 0.792. The van der Waals surface area contributed by atoms with Gasteiger partial charge in [-0.05, 0) is 49.9 Å². The maximum absolute atomic E-state index is 12.0. The van der Waals surface area contributed by atoms with Gasteiger partial charge in [-0.1, -0.05) is 0 Å². The SMILES string of the molecule is O=C(COC(=O)C(F)F)OC1C2CC3CC1CC(O)(C3)C2. The molecule has 0 aromatic rings. The van der Waals surface area contributed by atoms with Crippen LogP contribution in [0, 0.1) is 17.8 Å². The summed E-state index contributed by atoms with van der Waals surface area (Å²) < 4.78 is 33.4. The molecular weight excluding hydrogens is 286 g/mol. The molecule has 0 aromatic heterocycles. The van der Waals surface area contributed by atoms with Crippen LogP contribution in [0.4, 0.5) is 8.78 Å². The minimum absolute atomic E-state index is 0.121. The van der Waals surface area contributed by atoms with Crippen LogP contribution in [0.3, 0.4) is 0 Å². The van der Waals surface area contributed by atoms with E-state index in [-0.39, 0.29) is 17.9 Å². The molecule has 4 bridgehead atoms. The lowest BCUT2D eigenvalue weighted by Gasteiger charge is -2.57. The Morgan fingerprint density at radius 3 is 2.33 bits per heavy atom. The van der Waals surface area contributed by atoms with E-state index in [0.717, 1.165) is 19.3 Å². The van der Waals surface area contributed by atoms with Gasteiger partial charge >= 0.3 is 18.4 Å². The summed E-state index contributed by atoms with van der Waals surface area (Å²) in [6.07, 6.45) is 0.380. The van der Waals surface area contributed by atoms with Crippen molar-refractivity contribution in [3.8, 4) is 0 Å². The Kier molecular flexibility index (Phi) is 3.63. The molecule has 2 atom stereocenters. The Morgan fingerprint density at radius 1 is 1.19 bits per heavy atom. The molecule has 0 aliphatic heterocycles. The van der Waals surface area contributed by atoms with E-state index < -0.39 is 30.6 Å². The van der Waals surface area contributed by atoms with Crippen LogP contribution in [-0.2, 0) is 19.1 Å². The summed E-state index contributed by atoms with van der Waals surface area (Å²) in [5.74, 6) is -1.79. The maximum atomic E-state index is 12.0. The Labute approximate surface area is 120 Å². The fourth-order valence-corrected chi connectivity index (χ4v) is 4.51. The standard InChI is InChI=1S/C14H18F2O5/c15-12(16)13(18)20-6-10(17)21-11-8-1-7-2-9(11)5-14(19,3-7)4-8/h7-9,11-12,19H,1-6H2. The van der Waals surface area contributed by atoms with Gasteiger partial charge in [0.15, 0.2) is 6.61 Å². The molecule has 0 aromatic carbocycles. The van der Waals surface area contributed by atoms with Gasteiger partial charge in [0.25, 0.3) is 0 Å². The van der Waals surface area contributed by atoms with E-state index in [1.807, 2.05) is 0 Å². The van der Waals surface area contributed by atoms with E-state index in [1.54, 1.807) is 0 Å². The van der Waals surface area contributed by atoms with Crippen LogP contribution in [0.15, 0.2) is 0 Å². The van der Waals surface area contributed by atoms with Gasteiger partial charge in [-0.25, -0.2) is 9.59 Å². The molecule has 0 heterocycles. The van der Waals surface area contributed by atoms with Crippen molar-refractivity contribution >= 4 is 11.9 Å². The molecule has 0 amide bonds. The Morgan fingerprint density at radius 2 is 1.81 bits per heavy atom. The zero-order valence-corrected chi connectivity index (χ0v) is 11.5. The normalized spacial score (nSPS) is 40.4. The second kappa shape index (κ2) is 5.19. The third-order valence-corrected chi connectivity index (χ3v) is 4.93. The number of aliphatic hydroxyl groups is 1. The summed E-state index contributed by atoms with van der Waals surface area (Å²) in [5.41, 5.74) is -0.623. The molecule has 4 aliphatic carbocycles. The number of ether oxygens (including phenoxy) is 2. The first-order valence-electron chi connectivity index (χ1n) is 7.23. The van der Waals surface area contributed by atoms with Gasteiger partial charge in [-0.15, -0.1) is 0 Å². The molecule has 118 valence electrons. The van der Waals surface area contributed by atoms with Crippen molar-refractivity contribution in [1.82, 2.24) is 0 Å². The zero-order chi connectivity index (χ0) is 15.2. The molecule has 5 nitrogen and oxygen atoms in total. The van der Waals surface area contributed by atoms with Crippen molar-refractivity contribution in [1.29, 1.82) is 0 Å². The summed E-state index contributed by atoms with van der Waals surface area (Å²) in [6.45, 7) is -0.785. The third-order valence-electron chi connectivity index (χ3n) is 4.93. The molecule has 7 heteroatoms. The van der Waals surface area contributed by atoms with Gasteiger partial charge in [-0.2, -0.15) is 8.78 Å². The first-order valence-corrected chi connectivity index (χ1v) is 7.23. The topological polar surface area (TPSA) is 72.8 Å². The Hall–Kier alpha value is -1.24. The number of esters is 2. The minimum Gasteiger partial charge on any atom is -0.459 e. The molecular formula is C14H18F2O5. The smallest absolute Gasteiger partial charge is 0.374 e. The number of alkyl halides is 2. The van der Waals surface area contributed by atoms with Gasteiger partial charge in [0.1, 0.15) is 6.10 Å². The number of carbonyl (C=O) groups is 2. The van der Waals surface area contributed by atoms with Gasteiger partial charge in [0.2, 0.25) is 0 Å². The van der Waals surface area contributed by atoms with Crippen molar-refractivity contribution in [2.75, 3.05) is 6.61 Å². The number of hydrogen-bond donors (Lipinski definition) is 1. The largest absolute Gasteiger partial charge is 0.459 e. The van der Waals surface area contributed by atoms with E-state index in [2.05, 4.69) is 4.74 Å². The summed E-state index contributed by atoms with van der Waals surface area (Å²) in [6, 6.07) is 0. The molecule has 1 N–H and O–H groups in total. The number of rotatable bonds is 4. The lowest BCUT2D eigenvalue weighted by atomic mass is 9.53. The highest BCUT2D eigenvalue weighted by Crippen LogP contribution is 2.56. The second-order valence-electron chi connectivity index (χ2n) is 6.56. The van der Waals surface area contributed by atoms with Gasteiger partial charge in [0.05, 0.1) is 5.60 Å². The van der Waals surface area contributed by atoms with Crippen molar-refractivity contribution in [2.45, 2.75) is 50.2 Å². The predicted octanol–water partition coefficient (Wildman–Crippen LogP) is 1.28. The van der Waals surface area contributed by atoms with Crippen LogP contribution in [0.2, 0.25) is 0 Å². The summed E-state index contributed by atoms with van der Waals surface area (Å²) >= 11 is 0. The first-order chi connectivity index (χ1) is 9.86. The van der Waals surface area contributed by atoms with E-state index in [9.17, 15) is 23.5 Å². The summed E-state index contributed by atoms with van der Waals surface area (Å²) in [5, 5.41) is 10.4. The molecule has 4 saturated carbocycles. The van der Waals surface area contributed by atoms with E-state index in [0.29, 0.717) is 18.8 Å². The second-order valence-corrected chi connectivity index (χ2v) is 6.56. The highest BCUT2D eigenvalue weighted by Gasteiger charge is 2.56. The zero-order valence-electron chi connectivity index (χ0n) is 11.5. The number of hydrogen-bond acceptors (Lipinski definition) is 5. The fraction of sp³-hybridized carbons (Fsp3) is 0.857. The van der Waals surface area contributed by atoms with Crippen LogP contribution in [0.1, 0.15) is 32.1 Å². The van der Waals surface area contributed by atoms with E-state index in [4.69, 9.17) is 4.74 Å². The lowest BCUT2D eigenvalue weighted by molar-refractivity contribution is -0.202.